The molecule has 0 aliphatic rings. The first kappa shape index (κ1) is 23.5. The smallest absolute Gasteiger partial charge is 0.340 e. The van der Waals surface area contributed by atoms with Crippen LogP contribution in [0.3, 0.4) is 0 Å². The van der Waals surface area contributed by atoms with Crippen LogP contribution in [0.25, 0.3) is 0 Å². The minimum atomic E-state index is -3.83. The molecule has 32 heavy (non-hydrogen) atoms. The molecule has 0 saturated heterocycles. The number of ether oxygens (including phenoxy) is 1. The van der Waals surface area contributed by atoms with Crippen LogP contribution in [0.1, 0.15) is 29.8 Å². The molecule has 1 amide bonds. The van der Waals surface area contributed by atoms with Gasteiger partial charge in [0.2, 0.25) is 0 Å². The molecule has 1 heterocycles. The summed E-state index contributed by atoms with van der Waals surface area (Å²) in [6.07, 6.45) is 0. The van der Waals surface area contributed by atoms with Crippen LogP contribution >= 0.6 is 11.3 Å². The lowest BCUT2D eigenvalue weighted by Crippen LogP contribution is -2.39. The van der Waals surface area contributed by atoms with Gasteiger partial charge in [-0.2, -0.15) is 0 Å². The third-order valence-corrected chi connectivity index (χ3v) is 7.38. The lowest BCUT2D eigenvalue weighted by atomic mass is 10.2. The lowest BCUT2D eigenvalue weighted by molar-refractivity contribution is -0.136. The summed E-state index contributed by atoms with van der Waals surface area (Å²) in [5, 5.41) is 1.65. The summed E-state index contributed by atoms with van der Waals surface area (Å²) in [4.78, 5) is 27.0. The second kappa shape index (κ2) is 10.4. The lowest BCUT2D eigenvalue weighted by Gasteiger charge is -2.26. The maximum atomic E-state index is 12.7. The first-order chi connectivity index (χ1) is 15.3. The van der Waals surface area contributed by atoms with Gasteiger partial charge in [0.05, 0.1) is 11.3 Å². The molecule has 3 aromatic rings. The third-order valence-electron chi connectivity index (χ3n) is 4.62. The molecule has 0 aliphatic heterocycles. The third kappa shape index (κ3) is 5.95. The van der Waals surface area contributed by atoms with Crippen molar-refractivity contribution in [1.29, 1.82) is 0 Å². The monoisotopic (exact) mass is 472 g/mol. The maximum absolute atomic E-state index is 12.7. The van der Waals surface area contributed by atoms with E-state index in [9.17, 15) is 18.0 Å². The number of thiophene rings is 1. The summed E-state index contributed by atoms with van der Waals surface area (Å²) in [6, 6.07) is 18.7. The van der Waals surface area contributed by atoms with Gasteiger partial charge in [0.25, 0.3) is 15.9 Å². The fraction of sp³-hybridized carbons (Fsp3) is 0.217. The summed E-state index contributed by atoms with van der Waals surface area (Å²) < 4.78 is 32.8. The summed E-state index contributed by atoms with van der Waals surface area (Å²) in [5.74, 6) is -1.12. The number of carbonyl (C=O) groups excluding carboxylic acids is 2. The molecule has 9 heteroatoms. The van der Waals surface area contributed by atoms with Crippen LogP contribution < -0.4 is 4.72 Å². The Labute approximate surface area is 191 Å². The van der Waals surface area contributed by atoms with Gasteiger partial charge >= 0.3 is 5.97 Å². The Morgan fingerprint density at radius 2 is 1.69 bits per heavy atom. The molecular formula is C23H24N2O5S2. The number of rotatable bonds is 9. The number of para-hydroxylation sites is 1. The number of benzene rings is 2. The Balaban J connectivity index is 1.69. The van der Waals surface area contributed by atoms with Crippen molar-refractivity contribution in [2.45, 2.75) is 30.6 Å². The van der Waals surface area contributed by atoms with Gasteiger partial charge in [-0.3, -0.25) is 9.52 Å². The molecule has 1 N–H and O–H groups in total. The van der Waals surface area contributed by atoms with Crippen LogP contribution in [0, 0.1) is 0 Å². The van der Waals surface area contributed by atoms with E-state index in [-0.39, 0.29) is 27.4 Å². The van der Waals surface area contributed by atoms with Crippen molar-refractivity contribution in [2.24, 2.45) is 0 Å². The van der Waals surface area contributed by atoms with E-state index in [1.54, 1.807) is 28.5 Å². The molecule has 0 atom stereocenters. The number of hydrogen-bond acceptors (Lipinski definition) is 6. The number of carbonyl (C=O) groups is 2. The molecule has 1 aromatic heterocycles. The average Bonchev–Trinajstić information content (AvgIpc) is 3.32. The zero-order valence-electron chi connectivity index (χ0n) is 17.7. The molecule has 7 nitrogen and oxygen atoms in total. The van der Waals surface area contributed by atoms with E-state index < -0.39 is 22.6 Å². The van der Waals surface area contributed by atoms with Gasteiger partial charge in [-0.25, -0.2) is 13.2 Å². The minimum Gasteiger partial charge on any atom is -0.452 e. The molecule has 0 unspecified atom stereocenters. The number of nitrogens with one attached hydrogen (secondary N) is 1. The molecule has 0 fully saturated rings. The maximum Gasteiger partial charge on any atom is 0.340 e. The van der Waals surface area contributed by atoms with E-state index in [1.165, 1.54) is 18.2 Å². The number of amides is 1. The van der Waals surface area contributed by atoms with Crippen molar-refractivity contribution in [2.75, 3.05) is 11.3 Å². The van der Waals surface area contributed by atoms with Crippen molar-refractivity contribution in [3.05, 3.63) is 83.2 Å². The SMILES string of the molecule is CC(C)N(Cc1ccccc1)C(=O)COC(=O)c1ccccc1NS(=O)(=O)c1cccs1. The van der Waals surface area contributed by atoms with Crippen LogP contribution in [0.4, 0.5) is 5.69 Å². The Hall–Kier alpha value is -3.17. The van der Waals surface area contributed by atoms with Crippen molar-refractivity contribution in [1.82, 2.24) is 4.90 Å². The summed E-state index contributed by atoms with van der Waals surface area (Å²) in [5.41, 5.74) is 1.08. The van der Waals surface area contributed by atoms with Gasteiger partial charge < -0.3 is 9.64 Å². The van der Waals surface area contributed by atoms with Crippen molar-refractivity contribution >= 4 is 38.9 Å². The van der Waals surface area contributed by atoms with Gasteiger partial charge in [-0.1, -0.05) is 48.5 Å². The molecule has 0 bridgehead atoms. The number of anilines is 1. The van der Waals surface area contributed by atoms with Gasteiger partial charge in [-0.05, 0) is 43.0 Å². The molecule has 0 radical (unpaired) electrons. The summed E-state index contributed by atoms with van der Waals surface area (Å²) >= 11 is 1.07. The summed E-state index contributed by atoms with van der Waals surface area (Å²) in [7, 11) is -3.83. The van der Waals surface area contributed by atoms with E-state index in [0.717, 1.165) is 16.9 Å². The van der Waals surface area contributed by atoms with Gasteiger partial charge in [0.1, 0.15) is 4.21 Å². The highest BCUT2D eigenvalue weighted by Gasteiger charge is 2.23. The van der Waals surface area contributed by atoms with E-state index in [2.05, 4.69) is 4.72 Å². The van der Waals surface area contributed by atoms with Crippen LogP contribution in [0.2, 0.25) is 0 Å². The van der Waals surface area contributed by atoms with E-state index >= 15 is 0 Å². The highest BCUT2D eigenvalue weighted by Crippen LogP contribution is 2.23. The molecule has 0 saturated carbocycles. The van der Waals surface area contributed by atoms with Gasteiger partial charge in [0, 0.05) is 12.6 Å². The largest absolute Gasteiger partial charge is 0.452 e. The van der Waals surface area contributed by atoms with Crippen molar-refractivity contribution in [3.8, 4) is 0 Å². The molecule has 2 aromatic carbocycles. The molecule has 0 aliphatic carbocycles. The molecule has 0 spiro atoms. The highest BCUT2D eigenvalue weighted by atomic mass is 32.2. The Morgan fingerprint density at radius 3 is 2.34 bits per heavy atom. The predicted molar refractivity (Wildman–Crippen MR) is 124 cm³/mol. The second-order valence-corrected chi connectivity index (χ2v) is 10.1. The number of esters is 1. The quantitative estimate of drug-likeness (QED) is 0.473. The topological polar surface area (TPSA) is 92.8 Å². The average molecular weight is 473 g/mol. The zero-order chi connectivity index (χ0) is 23.1. The second-order valence-electron chi connectivity index (χ2n) is 7.26. The predicted octanol–water partition coefficient (Wildman–Crippen LogP) is 4.14. The van der Waals surface area contributed by atoms with Crippen LogP contribution in [-0.2, 0) is 26.1 Å². The number of hydrogen-bond donors (Lipinski definition) is 1. The first-order valence-corrected chi connectivity index (χ1v) is 12.3. The molecule has 168 valence electrons. The van der Waals surface area contributed by atoms with Crippen molar-refractivity contribution < 1.29 is 22.7 Å². The minimum absolute atomic E-state index is 0.0274. The van der Waals surface area contributed by atoms with Crippen LogP contribution in [-0.4, -0.2) is 37.8 Å². The number of sulfonamides is 1. The van der Waals surface area contributed by atoms with E-state index in [1.807, 2.05) is 44.2 Å². The number of nitrogens with zero attached hydrogens (tertiary/aromatic N) is 1. The van der Waals surface area contributed by atoms with Crippen LogP contribution in [0.5, 0.6) is 0 Å². The normalized spacial score (nSPS) is 11.2. The fourth-order valence-electron chi connectivity index (χ4n) is 2.99. The highest BCUT2D eigenvalue weighted by molar-refractivity contribution is 7.94. The Kier molecular flexibility index (Phi) is 7.66. The van der Waals surface area contributed by atoms with Gasteiger partial charge in [-0.15, -0.1) is 11.3 Å². The van der Waals surface area contributed by atoms with Crippen molar-refractivity contribution in [3.63, 3.8) is 0 Å². The standard InChI is InChI=1S/C23H24N2O5S2/c1-17(2)25(15-18-9-4-3-5-10-18)21(26)16-30-23(27)19-11-6-7-12-20(19)24-32(28,29)22-13-8-14-31-22/h3-14,17,24H,15-16H2,1-2H3. The molecule has 3 rings (SSSR count). The van der Waals surface area contributed by atoms with E-state index in [0.29, 0.717) is 6.54 Å². The summed E-state index contributed by atoms with van der Waals surface area (Å²) in [6.45, 7) is 3.72. The molecular weight excluding hydrogens is 448 g/mol. The Morgan fingerprint density at radius 1 is 1.00 bits per heavy atom. The first-order valence-electron chi connectivity index (χ1n) is 9.94. The van der Waals surface area contributed by atoms with Crippen LogP contribution in [0.15, 0.2) is 76.3 Å². The zero-order valence-corrected chi connectivity index (χ0v) is 19.4. The van der Waals surface area contributed by atoms with Gasteiger partial charge in [0.15, 0.2) is 6.61 Å². The fourth-order valence-corrected chi connectivity index (χ4v) is 5.06. The Bertz CT molecular complexity index is 1160. The van der Waals surface area contributed by atoms with E-state index in [4.69, 9.17) is 4.74 Å².